The Kier molecular flexibility index (Phi) is 4.60. The fourth-order valence-electron chi connectivity index (χ4n) is 0.864. The van der Waals surface area contributed by atoms with Gasteiger partial charge < -0.3 is 15.8 Å². The van der Waals surface area contributed by atoms with Crippen LogP contribution in [0.3, 0.4) is 0 Å². The first-order valence-electron chi connectivity index (χ1n) is 4.31. The lowest BCUT2D eigenvalue weighted by atomic mass is 10.4. The predicted octanol–water partition coefficient (Wildman–Crippen LogP) is -0.00460. The van der Waals surface area contributed by atoms with Gasteiger partial charge in [0.2, 0.25) is 0 Å². The maximum Gasteiger partial charge on any atom is 0.251 e. The standard InChI is InChI=1S/C9H13N3O2/c10-4-6-14-7-9(13)12-8-3-1-2-5-11-8/h1-3,5H,4,6-7,10H2,(H,11,12,13). The molecule has 5 heteroatoms. The summed E-state index contributed by atoms with van der Waals surface area (Å²) in [5.41, 5.74) is 5.20. The Balaban J connectivity index is 2.27. The van der Waals surface area contributed by atoms with E-state index in [4.69, 9.17) is 10.5 Å². The van der Waals surface area contributed by atoms with E-state index < -0.39 is 0 Å². The van der Waals surface area contributed by atoms with Crippen LogP contribution >= 0.6 is 0 Å². The molecule has 0 fully saturated rings. The zero-order valence-corrected chi connectivity index (χ0v) is 7.77. The fourth-order valence-corrected chi connectivity index (χ4v) is 0.864. The molecule has 0 radical (unpaired) electrons. The SMILES string of the molecule is NCCOCC(=O)Nc1ccccn1. The van der Waals surface area contributed by atoms with Gasteiger partial charge in [-0.15, -0.1) is 0 Å². The molecule has 76 valence electrons. The number of rotatable bonds is 5. The summed E-state index contributed by atoms with van der Waals surface area (Å²) in [6.45, 7) is 0.806. The number of carbonyl (C=O) groups excluding carboxylic acids is 1. The van der Waals surface area contributed by atoms with Crippen LogP contribution in [0.15, 0.2) is 24.4 Å². The normalized spacial score (nSPS) is 9.79. The Labute approximate surface area is 82.3 Å². The van der Waals surface area contributed by atoms with Gasteiger partial charge in [0.25, 0.3) is 5.91 Å². The molecular formula is C9H13N3O2. The van der Waals surface area contributed by atoms with E-state index in [0.717, 1.165) is 0 Å². The van der Waals surface area contributed by atoms with Crippen molar-refractivity contribution >= 4 is 11.7 Å². The van der Waals surface area contributed by atoms with Crippen molar-refractivity contribution in [3.63, 3.8) is 0 Å². The number of amides is 1. The van der Waals surface area contributed by atoms with Crippen molar-refractivity contribution in [2.75, 3.05) is 25.1 Å². The Bertz CT molecular complexity index is 277. The van der Waals surface area contributed by atoms with E-state index in [1.807, 2.05) is 0 Å². The van der Waals surface area contributed by atoms with Crippen LogP contribution < -0.4 is 11.1 Å². The highest BCUT2D eigenvalue weighted by atomic mass is 16.5. The molecule has 0 aliphatic carbocycles. The van der Waals surface area contributed by atoms with Gasteiger partial charge in [0, 0.05) is 12.7 Å². The zero-order valence-electron chi connectivity index (χ0n) is 7.77. The molecule has 1 aromatic rings. The second-order valence-electron chi connectivity index (χ2n) is 2.60. The average molecular weight is 195 g/mol. The summed E-state index contributed by atoms with van der Waals surface area (Å²) in [4.78, 5) is 15.1. The third-order valence-electron chi connectivity index (χ3n) is 1.43. The van der Waals surface area contributed by atoms with Crippen molar-refractivity contribution in [2.24, 2.45) is 5.73 Å². The molecule has 0 spiro atoms. The summed E-state index contributed by atoms with van der Waals surface area (Å²) in [6, 6.07) is 5.28. The molecule has 14 heavy (non-hydrogen) atoms. The summed E-state index contributed by atoms with van der Waals surface area (Å²) < 4.78 is 4.95. The largest absolute Gasteiger partial charge is 0.370 e. The van der Waals surface area contributed by atoms with Crippen LogP contribution in [0.4, 0.5) is 5.82 Å². The summed E-state index contributed by atoms with van der Waals surface area (Å²) >= 11 is 0. The molecule has 0 aliphatic heterocycles. The molecule has 3 N–H and O–H groups in total. The summed E-state index contributed by atoms with van der Waals surface area (Å²) in [5, 5.41) is 2.58. The maximum atomic E-state index is 11.2. The second-order valence-corrected chi connectivity index (χ2v) is 2.60. The van der Waals surface area contributed by atoms with Crippen molar-refractivity contribution in [1.82, 2.24) is 4.98 Å². The van der Waals surface area contributed by atoms with Gasteiger partial charge in [-0.3, -0.25) is 4.79 Å². The number of pyridine rings is 1. The molecule has 1 aromatic heterocycles. The molecule has 0 saturated carbocycles. The molecule has 0 aliphatic rings. The van der Waals surface area contributed by atoms with Crippen molar-refractivity contribution in [1.29, 1.82) is 0 Å². The second kappa shape index (κ2) is 6.06. The van der Waals surface area contributed by atoms with Gasteiger partial charge in [0.1, 0.15) is 12.4 Å². The van der Waals surface area contributed by atoms with Crippen LogP contribution in [0, 0.1) is 0 Å². The van der Waals surface area contributed by atoms with Gasteiger partial charge in [0.05, 0.1) is 6.61 Å². The van der Waals surface area contributed by atoms with Crippen LogP contribution in [0.25, 0.3) is 0 Å². The van der Waals surface area contributed by atoms with Gasteiger partial charge >= 0.3 is 0 Å². The third kappa shape index (κ3) is 3.97. The molecule has 0 bridgehead atoms. The number of carbonyl (C=O) groups is 1. The first-order chi connectivity index (χ1) is 6.83. The van der Waals surface area contributed by atoms with Crippen molar-refractivity contribution in [3.8, 4) is 0 Å². The van der Waals surface area contributed by atoms with Gasteiger partial charge in [-0.1, -0.05) is 6.07 Å². The van der Waals surface area contributed by atoms with Gasteiger partial charge in [-0.2, -0.15) is 0 Å². The van der Waals surface area contributed by atoms with Gasteiger partial charge in [-0.05, 0) is 12.1 Å². The van der Waals surface area contributed by atoms with E-state index in [9.17, 15) is 4.79 Å². The summed E-state index contributed by atoms with van der Waals surface area (Å²) in [7, 11) is 0. The highest BCUT2D eigenvalue weighted by Gasteiger charge is 2.01. The molecule has 0 atom stereocenters. The molecule has 1 heterocycles. The first-order valence-corrected chi connectivity index (χ1v) is 4.31. The average Bonchev–Trinajstić information content (AvgIpc) is 2.20. The number of nitrogens with one attached hydrogen (secondary N) is 1. The zero-order chi connectivity index (χ0) is 10.2. The number of nitrogens with zero attached hydrogens (tertiary/aromatic N) is 1. The minimum atomic E-state index is -0.225. The molecule has 5 nitrogen and oxygen atoms in total. The topological polar surface area (TPSA) is 77.2 Å². The van der Waals surface area contributed by atoms with Gasteiger partial charge in [-0.25, -0.2) is 4.98 Å². The monoisotopic (exact) mass is 195 g/mol. The summed E-state index contributed by atoms with van der Waals surface area (Å²) in [5.74, 6) is 0.297. The van der Waals surface area contributed by atoms with E-state index in [1.54, 1.807) is 24.4 Å². The maximum absolute atomic E-state index is 11.2. The number of aromatic nitrogens is 1. The summed E-state index contributed by atoms with van der Waals surface area (Å²) in [6.07, 6.45) is 1.61. The lowest BCUT2D eigenvalue weighted by molar-refractivity contribution is -0.120. The Morgan fingerprint density at radius 1 is 1.57 bits per heavy atom. The van der Waals surface area contributed by atoms with E-state index in [1.165, 1.54) is 0 Å². The minimum Gasteiger partial charge on any atom is -0.370 e. The van der Waals surface area contributed by atoms with E-state index in [0.29, 0.717) is 19.0 Å². The number of nitrogens with two attached hydrogens (primary N) is 1. The highest BCUT2D eigenvalue weighted by Crippen LogP contribution is 1.98. The highest BCUT2D eigenvalue weighted by molar-refractivity contribution is 5.90. The third-order valence-corrected chi connectivity index (χ3v) is 1.43. The van der Waals surface area contributed by atoms with Crippen LogP contribution in [-0.2, 0) is 9.53 Å². The minimum absolute atomic E-state index is 0.00771. The van der Waals surface area contributed by atoms with Crippen LogP contribution in [0.2, 0.25) is 0 Å². The molecular weight excluding hydrogens is 182 g/mol. The van der Waals surface area contributed by atoms with E-state index in [2.05, 4.69) is 10.3 Å². The van der Waals surface area contributed by atoms with Crippen molar-refractivity contribution < 1.29 is 9.53 Å². The Morgan fingerprint density at radius 3 is 3.07 bits per heavy atom. The van der Waals surface area contributed by atoms with Crippen molar-refractivity contribution in [3.05, 3.63) is 24.4 Å². The first kappa shape index (κ1) is 10.6. The lowest BCUT2D eigenvalue weighted by Crippen LogP contribution is -2.21. The lowest BCUT2D eigenvalue weighted by Gasteiger charge is -2.03. The molecule has 0 saturated heterocycles. The number of hydrogen-bond acceptors (Lipinski definition) is 4. The number of ether oxygens (including phenoxy) is 1. The number of hydrogen-bond donors (Lipinski definition) is 2. The van der Waals surface area contributed by atoms with Gasteiger partial charge in [0.15, 0.2) is 0 Å². The van der Waals surface area contributed by atoms with E-state index in [-0.39, 0.29) is 12.5 Å². The Hall–Kier alpha value is -1.46. The van der Waals surface area contributed by atoms with Crippen LogP contribution in [0.1, 0.15) is 0 Å². The van der Waals surface area contributed by atoms with Crippen LogP contribution in [0.5, 0.6) is 0 Å². The number of anilines is 1. The molecule has 1 rings (SSSR count). The smallest absolute Gasteiger partial charge is 0.251 e. The molecule has 1 amide bonds. The van der Waals surface area contributed by atoms with Crippen molar-refractivity contribution in [2.45, 2.75) is 0 Å². The Morgan fingerprint density at radius 2 is 2.43 bits per heavy atom. The van der Waals surface area contributed by atoms with Crippen LogP contribution in [-0.4, -0.2) is 30.6 Å². The molecule has 0 aromatic carbocycles. The van der Waals surface area contributed by atoms with E-state index >= 15 is 0 Å². The fraction of sp³-hybridized carbons (Fsp3) is 0.333. The predicted molar refractivity (Wildman–Crippen MR) is 52.7 cm³/mol. The molecule has 0 unspecified atom stereocenters. The quantitative estimate of drug-likeness (QED) is 0.648.